The summed E-state index contributed by atoms with van der Waals surface area (Å²) in [5.74, 6) is 0.0528. The molecule has 0 spiro atoms. The summed E-state index contributed by atoms with van der Waals surface area (Å²) >= 11 is 0. The van der Waals surface area contributed by atoms with Crippen LogP contribution < -0.4 is 10.1 Å². The largest absolute Gasteiger partial charge is 0.504 e. The lowest BCUT2D eigenvalue weighted by Gasteiger charge is -2.26. The predicted molar refractivity (Wildman–Crippen MR) is 106 cm³/mol. The van der Waals surface area contributed by atoms with E-state index in [1.54, 1.807) is 18.2 Å². The zero-order valence-electron chi connectivity index (χ0n) is 15.8. The summed E-state index contributed by atoms with van der Waals surface area (Å²) in [5.41, 5.74) is 1.27. The summed E-state index contributed by atoms with van der Waals surface area (Å²) in [4.78, 5) is 14.6. The fraction of sp³-hybridized carbons (Fsp3) is 0.381. The Morgan fingerprint density at radius 2 is 1.93 bits per heavy atom. The molecule has 0 bridgehead atoms. The molecule has 0 aliphatic carbocycles. The Balaban J connectivity index is 1.44. The van der Waals surface area contributed by atoms with Gasteiger partial charge in [-0.2, -0.15) is 0 Å². The fourth-order valence-electron chi connectivity index (χ4n) is 3.04. The van der Waals surface area contributed by atoms with Gasteiger partial charge in [0, 0.05) is 31.4 Å². The molecule has 1 aliphatic heterocycles. The van der Waals surface area contributed by atoms with Gasteiger partial charge in [-0.25, -0.2) is 0 Å². The van der Waals surface area contributed by atoms with Crippen molar-refractivity contribution in [3.8, 4) is 17.2 Å². The number of morpholine rings is 1. The standard InChI is InChI=1S/C21H26N2O5/c24-19-6-5-16(13-20(19)25)14-21(26)22-17-3-1-4-18(15-17)28-10-2-7-23-8-11-27-12-9-23/h1,3-6,13,15,24-25H,2,7-12,14H2,(H,22,26). The number of benzene rings is 2. The van der Waals surface area contributed by atoms with Crippen LogP contribution in [0.15, 0.2) is 42.5 Å². The van der Waals surface area contributed by atoms with E-state index in [1.165, 1.54) is 12.1 Å². The van der Waals surface area contributed by atoms with Gasteiger partial charge in [0.05, 0.1) is 26.2 Å². The third-order valence-electron chi connectivity index (χ3n) is 4.51. The van der Waals surface area contributed by atoms with Crippen molar-refractivity contribution in [2.75, 3.05) is 44.8 Å². The number of phenolic OH excluding ortho intramolecular Hbond substituents is 2. The first-order valence-corrected chi connectivity index (χ1v) is 9.44. The van der Waals surface area contributed by atoms with E-state index in [2.05, 4.69) is 10.2 Å². The van der Waals surface area contributed by atoms with Crippen LogP contribution in [0.2, 0.25) is 0 Å². The number of hydrogen-bond acceptors (Lipinski definition) is 6. The number of phenols is 2. The molecule has 2 aromatic carbocycles. The number of rotatable bonds is 8. The maximum atomic E-state index is 12.2. The number of ether oxygens (including phenoxy) is 2. The van der Waals surface area contributed by atoms with Gasteiger partial charge in [-0.15, -0.1) is 0 Å². The Morgan fingerprint density at radius 3 is 2.71 bits per heavy atom. The molecule has 1 amide bonds. The van der Waals surface area contributed by atoms with E-state index in [0.717, 1.165) is 39.3 Å². The number of carbonyl (C=O) groups excluding carboxylic acids is 1. The third-order valence-corrected chi connectivity index (χ3v) is 4.51. The van der Waals surface area contributed by atoms with E-state index >= 15 is 0 Å². The second-order valence-electron chi connectivity index (χ2n) is 6.73. The van der Waals surface area contributed by atoms with Crippen molar-refractivity contribution in [1.82, 2.24) is 4.90 Å². The van der Waals surface area contributed by atoms with E-state index in [0.29, 0.717) is 23.6 Å². The number of nitrogens with zero attached hydrogens (tertiary/aromatic N) is 1. The molecule has 0 saturated carbocycles. The molecule has 0 aromatic heterocycles. The number of aromatic hydroxyl groups is 2. The molecule has 0 unspecified atom stereocenters. The summed E-state index contributed by atoms with van der Waals surface area (Å²) in [6, 6.07) is 11.6. The first-order chi connectivity index (χ1) is 13.6. The van der Waals surface area contributed by atoms with Crippen molar-refractivity contribution in [3.63, 3.8) is 0 Å². The van der Waals surface area contributed by atoms with E-state index in [4.69, 9.17) is 9.47 Å². The van der Waals surface area contributed by atoms with E-state index in [-0.39, 0.29) is 23.8 Å². The molecule has 0 radical (unpaired) electrons. The molecule has 3 rings (SSSR count). The summed E-state index contributed by atoms with van der Waals surface area (Å²) < 4.78 is 11.1. The molecule has 3 N–H and O–H groups in total. The lowest BCUT2D eigenvalue weighted by atomic mass is 10.1. The van der Waals surface area contributed by atoms with Gasteiger partial charge in [0.1, 0.15) is 5.75 Å². The minimum Gasteiger partial charge on any atom is -0.504 e. The van der Waals surface area contributed by atoms with Crippen LogP contribution in [-0.2, 0) is 16.0 Å². The van der Waals surface area contributed by atoms with Gasteiger partial charge in [-0.05, 0) is 36.2 Å². The van der Waals surface area contributed by atoms with E-state index < -0.39 is 0 Å². The monoisotopic (exact) mass is 386 g/mol. The van der Waals surface area contributed by atoms with Crippen molar-refractivity contribution in [2.24, 2.45) is 0 Å². The van der Waals surface area contributed by atoms with Crippen molar-refractivity contribution in [3.05, 3.63) is 48.0 Å². The topological polar surface area (TPSA) is 91.3 Å². The second kappa shape index (κ2) is 9.96. The summed E-state index contributed by atoms with van der Waals surface area (Å²) in [7, 11) is 0. The van der Waals surface area contributed by atoms with E-state index in [9.17, 15) is 15.0 Å². The highest BCUT2D eigenvalue weighted by atomic mass is 16.5. The van der Waals surface area contributed by atoms with Crippen LogP contribution in [-0.4, -0.2) is 60.5 Å². The Morgan fingerprint density at radius 1 is 1.11 bits per heavy atom. The average Bonchev–Trinajstić information content (AvgIpc) is 2.69. The second-order valence-corrected chi connectivity index (χ2v) is 6.73. The Bertz CT molecular complexity index is 790. The molecule has 1 aliphatic rings. The van der Waals surface area contributed by atoms with Gasteiger partial charge < -0.3 is 25.0 Å². The minimum atomic E-state index is -0.238. The molecule has 150 valence electrons. The normalized spacial score (nSPS) is 14.6. The number of hydrogen-bond donors (Lipinski definition) is 3. The zero-order chi connectivity index (χ0) is 19.8. The lowest BCUT2D eigenvalue weighted by molar-refractivity contribution is -0.115. The van der Waals surface area contributed by atoms with Gasteiger partial charge in [0.15, 0.2) is 11.5 Å². The van der Waals surface area contributed by atoms with Crippen LogP contribution in [0, 0.1) is 0 Å². The lowest BCUT2D eigenvalue weighted by Crippen LogP contribution is -2.37. The van der Waals surface area contributed by atoms with Crippen molar-refractivity contribution in [1.29, 1.82) is 0 Å². The third kappa shape index (κ3) is 6.14. The number of amides is 1. The fourth-order valence-corrected chi connectivity index (χ4v) is 3.04. The Labute approximate surface area is 164 Å². The molecule has 28 heavy (non-hydrogen) atoms. The van der Waals surface area contributed by atoms with Gasteiger partial charge >= 0.3 is 0 Å². The highest BCUT2D eigenvalue weighted by Crippen LogP contribution is 2.25. The summed E-state index contributed by atoms with van der Waals surface area (Å²) in [6.07, 6.45) is 1.03. The van der Waals surface area contributed by atoms with E-state index in [1.807, 2.05) is 12.1 Å². The van der Waals surface area contributed by atoms with Crippen LogP contribution in [0.4, 0.5) is 5.69 Å². The molecule has 1 fully saturated rings. The van der Waals surface area contributed by atoms with Crippen molar-refractivity contribution >= 4 is 11.6 Å². The Kier molecular flexibility index (Phi) is 7.11. The van der Waals surface area contributed by atoms with Crippen LogP contribution in [0.25, 0.3) is 0 Å². The van der Waals surface area contributed by atoms with Gasteiger partial charge in [-0.1, -0.05) is 12.1 Å². The quantitative estimate of drug-likeness (QED) is 0.477. The van der Waals surface area contributed by atoms with Crippen molar-refractivity contribution in [2.45, 2.75) is 12.8 Å². The molecular formula is C21H26N2O5. The van der Waals surface area contributed by atoms with Crippen molar-refractivity contribution < 1.29 is 24.5 Å². The maximum Gasteiger partial charge on any atom is 0.228 e. The molecule has 1 heterocycles. The molecule has 7 heteroatoms. The van der Waals surface area contributed by atoms with Gasteiger partial charge in [0.25, 0.3) is 0 Å². The molecule has 2 aromatic rings. The smallest absolute Gasteiger partial charge is 0.228 e. The summed E-state index contributed by atoms with van der Waals surface area (Å²) in [5, 5.41) is 21.7. The predicted octanol–water partition coefficient (Wildman–Crippen LogP) is 2.38. The number of nitrogens with one attached hydrogen (secondary N) is 1. The van der Waals surface area contributed by atoms with Crippen LogP contribution in [0.5, 0.6) is 17.2 Å². The van der Waals surface area contributed by atoms with Crippen LogP contribution >= 0.6 is 0 Å². The first-order valence-electron chi connectivity index (χ1n) is 9.44. The zero-order valence-corrected chi connectivity index (χ0v) is 15.8. The highest BCUT2D eigenvalue weighted by molar-refractivity contribution is 5.92. The minimum absolute atomic E-state index is 0.0957. The maximum absolute atomic E-state index is 12.2. The average molecular weight is 386 g/mol. The summed E-state index contributed by atoms with van der Waals surface area (Å²) in [6.45, 7) is 5.14. The SMILES string of the molecule is O=C(Cc1ccc(O)c(O)c1)Nc1cccc(OCCCN2CCOCC2)c1. The number of anilines is 1. The first kappa shape index (κ1) is 20.0. The van der Waals surface area contributed by atoms with Gasteiger partial charge in [-0.3, -0.25) is 9.69 Å². The number of carbonyl (C=O) groups is 1. The van der Waals surface area contributed by atoms with Crippen LogP contribution in [0.1, 0.15) is 12.0 Å². The molecular weight excluding hydrogens is 360 g/mol. The molecule has 0 atom stereocenters. The van der Waals surface area contributed by atoms with Gasteiger partial charge in [0.2, 0.25) is 5.91 Å². The molecule has 1 saturated heterocycles. The highest BCUT2D eigenvalue weighted by Gasteiger charge is 2.10. The Hall–Kier alpha value is -2.77. The molecule has 7 nitrogen and oxygen atoms in total. The van der Waals surface area contributed by atoms with Crippen LogP contribution in [0.3, 0.4) is 0 Å².